The maximum atomic E-state index is 5.44. The first-order valence-electron chi connectivity index (χ1n) is 7.77. The van der Waals surface area contributed by atoms with Crippen LogP contribution >= 0.6 is 11.3 Å². The molecule has 1 N–H and O–H groups in total. The summed E-state index contributed by atoms with van der Waals surface area (Å²) in [7, 11) is 1.65. The van der Waals surface area contributed by atoms with E-state index in [4.69, 9.17) is 9.26 Å². The third-order valence-electron chi connectivity index (χ3n) is 3.93. The number of fused-ring (bicyclic) bond motifs is 1. The van der Waals surface area contributed by atoms with E-state index in [1.807, 2.05) is 30.3 Å². The Morgan fingerprint density at radius 2 is 2.04 bits per heavy atom. The van der Waals surface area contributed by atoms with Gasteiger partial charge in [-0.15, -0.1) is 11.3 Å². The van der Waals surface area contributed by atoms with Crippen molar-refractivity contribution in [2.75, 3.05) is 12.4 Å². The van der Waals surface area contributed by atoms with Gasteiger partial charge in [-0.3, -0.25) is 0 Å². The first-order valence-corrected chi connectivity index (χ1v) is 8.65. The third-order valence-corrected chi connectivity index (χ3v) is 4.93. The number of aromatic nitrogens is 3. The van der Waals surface area contributed by atoms with Gasteiger partial charge in [-0.25, -0.2) is 9.97 Å². The van der Waals surface area contributed by atoms with Crippen molar-refractivity contribution >= 4 is 27.4 Å². The Morgan fingerprint density at radius 3 is 2.84 bits per heavy atom. The highest BCUT2D eigenvalue weighted by atomic mass is 32.1. The zero-order valence-electron chi connectivity index (χ0n) is 13.8. The van der Waals surface area contributed by atoms with Crippen molar-refractivity contribution < 1.29 is 9.26 Å². The molecule has 0 aliphatic heterocycles. The van der Waals surface area contributed by atoms with Gasteiger partial charge in [0.15, 0.2) is 5.76 Å². The molecule has 0 atom stereocenters. The molecule has 7 heteroatoms. The van der Waals surface area contributed by atoms with Crippen molar-refractivity contribution in [1.82, 2.24) is 15.1 Å². The molecule has 1 aromatic carbocycles. The van der Waals surface area contributed by atoms with Crippen molar-refractivity contribution in [2.24, 2.45) is 0 Å². The van der Waals surface area contributed by atoms with E-state index < -0.39 is 0 Å². The molecule has 0 saturated heterocycles. The Morgan fingerprint density at radius 1 is 1.20 bits per heavy atom. The number of thiophene rings is 1. The minimum absolute atomic E-state index is 0.505. The number of aryl methyl sites for hydroxylation is 1. The molecule has 0 amide bonds. The predicted octanol–water partition coefficient (Wildman–Crippen LogP) is 4.28. The van der Waals surface area contributed by atoms with Crippen LogP contribution in [0.4, 0.5) is 5.82 Å². The summed E-state index contributed by atoms with van der Waals surface area (Å²) >= 11 is 1.62. The van der Waals surface area contributed by atoms with Crippen LogP contribution in [0.25, 0.3) is 21.5 Å². The van der Waals surface area contributed by atoms with Crippen LogP contribution in [-0.2, 0) is 6.54 Å². The molecule has 126 valence electrons. The standard InChI is InChI=1S/C18H16N4O2S/c1-11-9-25-18-16(11)17(20-10-21-18)19-8-14-7-15(22-24-14)12-3-5-13(23-2)6-4-12/h3-7,9-10H,8H2,1-2H3,(H,19,20,21). The molecule has 6 nitrogen and oxygen atoms in total. The summed E-state index contributed by atoms with van der Waals surface area (Å²) in [4.78, 5) is 9.62. The number of hydrogen-bond donors (Lipinski definition) is 1. The van der Waals surface area contributed by atoms with Gasteiger partial charge in [0, 0.05) is 11.6 Å². The lowest BCUT2D eigenvalue weighted by Crippen LogP contribution is -2.01. The molecule has 0 aliphatic carbocycles. The zero-order chi connectivity index (χ0) is 17.2. The largest absolute Gasteiger partial charge is 0.497 e. The Bertz CT molecular complexity index is 1010. The molecular weight excluding hydrogens is 336 g/mol. The van der Waals surface area contributed by atoms with E-state index in [1.165, 1.54) is 5.56 Å². The quantitative estimate of drug-likeness (QED) is 0.578. The molecule has 0 saturated carbocycles. The number of nitrogens with zero attached hydrogens (tertiary/aromatic N) is 3. The Kier molecular flexibility index (Phi) is 4.07. The number of rotatable bonds is 5. The molecule has 0 fully saturated rings. The fourth-order valence-corrected chi connectivity index (χ4v) is 3.51. The van der Waals surface area contributed by atoms with E-state index in [2.05, 4.69) is 32.7 Å². The first kappa shape index (κ1) is 15.6. The van der Waals surface area contributed by atoms with E-state index in [-0.39, 0.29) is 0 Å². The lowest BCUT2D eigenvalue weighted by Gasteiger charge is -2.04. The van der Waals surface area contributed by atoms with Crippen LogP contribution in [0, 0.1) is 6.92 Å². The van der Waals surface area contributed by atoms with E-state index in [1.54, 1.807) is 24.8 Å². The topological polar surface area (TPSA) is 73.1 Å². The fraction of sp³-hybridized carbons (Fsp3) is 0.167. The summed E-state index contributed by atoms with van der Waals surface area (Å²) in [5.41, 5.74) is 2.94. The summed E-state index contributed by atoms with van der Waals surface area (Å²) in [5.74, 6) is 2.37. The average Bonchev–Trinajstić information content (AvgIpc) is 3.28. The normalized spacial score (nSPS) is 11.0. The summed E-state index contributed by atoms with van der Waals surface area (Å²) in [6.07, 6.45) is 1.57. The summed E-state index contributed by atoms with van der Waals surface area (Å²) in [6.45, 7) is 2.56. The molecule has 0 aliphatic rings. The summed E-state index contributed by atoms with van der Waals surface area (Å²) in [5, 5.41) is 10.6. The lowest BCUT2D eigenvalue weighted by molar-refractivity contribution is 0.390. The smallest absolute Gasteiger partial charge is 0.156 e. The molecule has 25 heavy (non-hydrogen) atoms. The number of methoxy groups -OCH3 is 1. The van der Waals surface area contributed by atoms with Crippen LogP contribution in [0.2, 0.25) is 0 Å². The maximum Gasteiger partial charge on any atom is 0.156 e. The van der Waals surface area contributed by atoms with Crippen LogP contribution in [0.5, 0.6) is 5.75 Å². The van der Waals surface area contributed by atoms with Crippen LogP contribution in [0.3, 0.4) is 0 Å². The van der Waals surface area contributed by atoms with Gasteiger partial charge in [0.1, 0.15) is 28.4 Å². The number of anilines is 1. The van der Waals surface area contributed by atoms with Gasteiger partial charge in [0.2, 0.25) is 0 Å². The van der Waals surface area contributed by atoms with E-state index >= 15 is 0 Å². The number of ether oxygens (including phenoxy) is 1. The molecule has 4 aromatic rings. The zero-order valence-corrected chi connectivity index (χ0v) is 14.6. The van der Waals surface area contributed by atoms with Crippen molar-refractivity contribution in [3.8, 4) is 17.0 Å². The maximum absolute atomic E-state index is 5.44. The molecule has 4 rings (SSSR count). The van der Waals surface area contributed by atoms with Crippen molar-refractivity contribution in [1.29, 1.82) is 0 Å². The van der Waals surface area contributed by atoms with Gasteiger partial charge in [0.05, 0.1) is 19.0 Å². The highest BCUT2D eigenvalue weighted by Crippen LogP contribution is 2.29. The lowest BCUT2D eigenvalue weighted by atomic mass is 10.1. The average molecular weight is 352 g/mol. The van der Waals surface area contributed by atoms with Gasteiger partial charge >= 0.3 is 0 Å². The highest BCUT2D eigenvalue weighted by Gasteiger charge is 2.11. The number of hydrogen-bond acceptors (Lipinski definition) is 7. The Balaban J connectivity index is 1.52. The first-order chi connectivity index (χ1) is 12.2. The van der Waals surface area contributed by atoms with Crippen LogP contribution in [-0.4, -0.2) is 22.2 Å². The van der Waals surface area contributed by atoms with Gasteiger partial charge in [-0.05, 0) is 42.1 Å². The van der Waals surface area contributed by atoms with E-state index in [0.717, 1.165) is 38.8 Å². The van der Waals surface area contributed by atoms with Crippen molar-refractivity contribution in [2.45, 2.75) is 13.5 Å². The highest BCUT2D eigenvalue weighted by molar-refractivity contribution is 7.17. The van der Waals surface area contributed by atoms with Crippen LogP contribution < -0.4 is 10.1 Å². The van der Waals surface area contributed by atoms with E-state index in [0.29, 0.717) is 6.54 Å². The minimum Gasteiger partial charge on any atom is -0.497 e. The molecule has 0 unspecified atom stereocenters. The molecule has 0 radical (unpaired) electrons. The summed E-state index contributed by atoms with van der Waals surface area (Å²) < 4.78 is 10.6. The van der Waals surface area contributed by atoms with Crippen LogP contribution in [0.1, 0.15) is 11.3 Å². The molecular formula is C18H16N4O2S. The van der Waals surface area contributed by atoms with Crippen molar-refractivity contribution in [3.05, 3.63) is 53.4 Å². The van der Waals surface area contributed by atoms with Gasteiger partial charge in [-0.1, -0.05) is 5.16 Å². The predicted molar refractivity (Wildman–Crippen MR) is 98.0 cm³/mol. The second-order valence-electron chi connectivity index (χ2n) is 5.58. The SMILES string of the molecule is COc1ccc(-c2cc(CNc3ncnc4scc(C)c34)on2)cc1. The molecule has 3 heterocycles. The van der Waals surface area contributed by atoms with Gasteiger partial charge in [0.25, 0.3) is 0 Å². The Hall–Kier alpha value is -2.93. The molecule has 3 aromatic heterocycles. The minimum atomic E-state index is 0.505. The second kappa shape index (κ2) is 6.52. The van der Waals surface area contributed by atoms with Gasteiger partial charge < -0.3 is 14.6 Å². The monoisotopic (exact) mass is 352 g/mol. The summed E-state index contributed by atoms with van der Waals surface area (Å²) in [6, 6.07) is 9.64. The number of benzene rings is 1. The fourth-order valence-electron chi connectivity index (χ4n) is 2.62. The van der Waals surface area contributed by atoms with Crippen molar-refractivity contribution in [3.63, 3.8) is 0 Å². The second-order valence-corrected chi connectivity index (χ2v) is 6.44. The Labute approximate surface area is 148 Å². The molecule has 0 bridgehead atoms. The third kappa shape index (κ3) is 3.06. The van der Waals surface area contributed by atoms with Crippen LogP contribution in [0.15, 0.2) is 46.6 Å². The van der Waals surface area contributed by atoms with E-state index in [9.17, 15) is 0 Å². The molecule has 0 spiro atoms. The number of nitrogens with one attached hydrogen (secondary N) is 1. The van der Waals surface area contributed by atoms with Gasteiger partial charge in [-0.2, -0.15) is 0 Å².